The third kappa shape index (κ3) is 2.78. The van der Waals surface area contributed by atoms with Crippen LogP contribution in [0.5, 0.6) is 0 Å². The van der Waals surface area contributed by atoms with Crippen LogP contribution in [0.25, 0.3) is 10.9 Å². The molecule has 0 saturated heterocycles. The predicted molar refractivity (Wildman–Crippen MR) is 98.4 cm³/mol. The molecule has 0 amide bonds. The minimum absolute atomic E-state index is 0.113. The third-order valence-electron chi connectivity index (χ3n) is 4.75. The summed E-state index contributed by atoms with van der Waals surface area (Å²) in [6.07, 6.45) is 4.01. The highest BCUT2D eigenvalue weighted by molar-refractivity contribution is 5.76. The van der Waals surface area contributed by atoms with E-state index in [0.717, 1.165) is 0 Å². The van der Waals surface area contributed by atoms with Gasteiger partial charge in [0.15, 0.2) is 0 Å². The Bertz CT molecular complexity index is 1040. The van der Waals surface area contributed by atoms with Crippen molar-refractivity contribution in [1.29, 1.82) is 0 Å². The van der Waals surface area contributed by atoms with Gasteiger partial charge in [0, 0.05) is 12.4 Å². The first-order chi connectivity index (χ1) is 12.3. The Labute approximate surface area is 150 Å². The molecule has 1 N–H and O–H groups in total. The number of nitrogens with zero attached hydrogens (tertiary/aromatic N) is 3. The normalized spacial score (nSPS) is 23.1. The largest absolute Gasteiger partial charge is 0.370 e. The first-order valence-corrected chi connectivity index (χ1v) is 8.76. The molecule has 7 nitrogen and oxygen atoms in total. The molecule has 3 atom stereocenters. The Balaban J connectivity index is 1.79. The Morgan fingerprint density at radius 1 is 1.19 bits per heavy atom. The van der Waals surface area contributed by atoms with E-state index in [0.29, 0.717) is 17.3 Å². The molecule has 1 aliphatic carbocycles. The maximum atomic E-state index is 13.0. The number of rotatable bonds is 3. The summed E-state index contributed by atoms with van der Waals surface area (Å²) < 4.78 is 9.24. The molecule has 3 aromatic rings. The summed E-state index contributed by atoms with van der Waals surface area (Å²) in [5.41, 5.74) is -0.441. The quantitative estimate of drug-likeness (QED) is 0.782. The van der Waals surface area contributed by atoms with Gasteiger partial charge in [0.05, 0.1) is 34.7 Å². The molecule has 7 heteroatoms. The number of hydrogen-bond donors (Lipinski definition) is 1. The van der Waals surface area contributed by atoms with Gasteiger partial charge in [-0.15, -0.1) is 0 Å². The lowest BCUT2D eigenvalue weighted by Gasteiger charge is -2.46. The van der Waals surface area contributed by atoms with Crippen LogP contribution in [0.2, 0.25) is 0 Å². The van der Waals surface area contributed by atoms with Gasteiger partial charge in [0.1, 0.15) is 0 Å². The summed E-state index contributed by atoms with van der Waals surface area (Å²) in [7, 11) is 0. The Morgan fingerprint density at radius 3 is 2.65 bits per heavy atom. The van der Waals surface area contributed by atoms with Crippen LogP contribution in [-0.4, -0.2) is 31.0 Å². The first-order valence-electron chi connectivity index (χ1n) is 8.76. The van der Waals surface area contributed by atoms with Crippen molar-refractivity contribution in [2.75, 3.05) is 0 Å². The lowest BCUT2D eigenvalue weighted by atomic mass is 9.82. The van der Waals surface area contributed by atoms with Gasteiger partial charge in [-0.1, -0.05) is 12.1 Å². The van der Waals surface area contributed by atoms with Gasteiger partial charge in [-0.2, -0.15) is 5.10 Å². The van der Waals surface area contributed by atoms with Gasteiger partial charge in [0.2, 0.25) is 0 Å². The second-order valence-electron chi connectivity index (χ2n) is 7.70. The van der Waals surface area contributed by atoms with Crippen LogP contribution in [0, 0.1) is 0 Å². The molecule has 26 heavy (non-hydrogen) atoms. The molecular formula is C19H22N4O3. The fraction of sp³-hybridized carbons (Fsp3) is 0.421. The number of aromatic nitrogens is 4. The average Bonchev–Trinajstić information content (AvgIpc) is 3.05. The zero-order valence-electron chi connectivity index (χ0n) is 15.0. The van der Waals surface area contributed by atoms with E-state index in [-0.39, 0.29) is 29.3 Å². The highest BCUT2D eigenvalue weighted by Gasteiger charge is 2.47. The van der Waals surface area contributed by atoms with Crippen molar-refractivity contribution in [2.24, 2.45) is 0 Å². The lowest BCUT2D eigenvalue weighted by Crippen LogP contribution is -2.54. The van der Waals surface area contributed by atoms with Gasteiger partial charge >= 0.3 is 5.69 Å². The number of hydrogen-bond acceptors (Lipinski definition) is 4. The average molecular weight is 354 g/mol. The van der Waals surface area contributed by atoms with Crippen molar-refractivity contribution >= 4 is 10.9 Å². The molecule has 1 aromatic carbocycles. The van der Waals surface area contributed by atoms with E-state index in [2.05, 4.69) is 10.1 Å². The number of H-pyrrole nitrogens is 1. The predicted octanol–water partition coefficient (Wildman–Crippen LogP) is 2.26. The second-order valence-corrected chi connectivity index (χ2v) is 7.70. The molecule has 1 fully saturated rings. The standard InChI is InChI=1S/C19H22N4O3/c1-19(2,3)26-15-11-14(16(15)22-10-6-9-20-22)23-17(24)12-7-4-5-8-13(12)21-18(23)25/h4-10,14-16H,11H2,1-3H3,(H,21,25). The van der Waals surface area contributed by atoms with Crippen molar-refractivity contribution in [1.82, 2.24) is 19.3 Å². The number of para-hydroxylation sites is 1. The van der Waals surface area contributed by atoms with Gasteiger partial charge < -0.3 is 9.72 Å². The summed E-state index contributed by atoms with van der Waals surface area (Å²) >= 11 is 0. The number of benzene rings is 1. The molecule has 0 radical (unpaired) electrons. The molecular weight excluding hydrogens is 332 g/mol. The molecule has 3 unspecified atom stereocenters. The van der Waals surface area contributed by atoms with Gasteiger partial charge in [-0.3, -0.25) is 14.0 Å². The molecule has 4 rings (SSSR count). The fourth-order valence-corrected chi connectivity index (χ4v) is 3.68. The van der Waals surface area contributed by atoms with E-state index in [1.54, 1.807) is 35.1 Å². The Kier molecular flexibility index (Phi) is 3.84. The van der Waals surface area contributed by atoms with E-state index in [4.69, 9.17) is 4.74 Å². The summed E-state index contributed by atoms with van der Waals surface area (Å²) in [5.74, 6) is 0. The highest BCUT2D eigenvalue weighted by Crippen LogP contribution is 2.44. The van der Waals surface area contributed by atoms with Crippen LogP contribution in [0.1, 0.15) is 39.3 Å². The molecule has 136 valence electrons. The smallest absolute Gasteiger partial charge is 0.329 e. The van der Waals surface area contributed by atoms with Crippen molar-refractivity contribution in [3.8, 4) is 0 Å². The van der Waals surface area contributed by atoms with Gasteiger partial charge in [-0.25, -0.2) is 4.79 Å². The molecule has 0 spiro atoms. The van der Waals surface area contributed by atoms with E-state index >= 15 is 0 Å². The van der Waals surface area contributed by atoms with Crippen LogP contribution in [0.15, 0.2) is 52.3 Å². The second kappa shape index (κ2) is 5.95. The highest BCUT2D eigenvalue weighted by atomic mass is 16.5. The van der Waals surface area contributed by atoms with Crippen LogP contribution < -0.4 is 11.2 Å². The van der Waals surface area contributed by atoms with E-state index in [1.807, 2.05) is 33.0 Å². The first kappa shape index (κ1) is 16.8. The zero-order chi connectivity index (χ0) is 18.5. The summed E-state index contributed by atoms with van der Waals surface area (Å²) in [5, 5.41) is 4.83. The summed E-state index contributed by atoms with van der Waals surface area (Å²) in [6.45, 7) is 5.99. The maximum absolute atomic E-state index is 13.0. The van der Waals surface area contributed by atoms with Crippen molar-refractivity contribution in [3.05, 3.63) is 63.6 Å². The van der Waals surface area contributed by atoms with Crippen LogP contribution in [-0.2, 0) is 4.74 Å². The molecule has 2 aromatic heterocycles. The minimum atomic E-state index is -0.398. The van der Waals surface area contributed by atoms with Crippen molar-refractivity contribution < 1.29 is 4.74 Å². The number of fused-ring (bicyclic) bond motifs is 1. The molecule has 0 aliphatic heterocycles. The Hall–Kier alpha value is -2.67. The zero-order valence-corrected chi connectivity index (χ0v) is 15.0. The van der Waals surface area contributed by atoms with Crippen LogP contribution in [0.4, 0.5) is 0 Å². The van der Waals surface area contributed by atoms with E-state index in [9.17, 15) is 9.59 Å². The molecule has 2 heterocycles. The van der Waals surface area contributed by atoms with E-state index < -0.39 is 5.69 Å². The van der Waals surface area contributed by atoms with Gasteiger partial charge in [-0.05, 0) is 45.4 Å². The Morgan fingerprint density at radius 2 is 1.96 bits per heavy atom. The maximum Gasteiger partial charge on any atom is 0.329 e. The van der Waals surface area contributed by atoms with Crippen molar-refractivity contribution in [2.45, 2.75) is 51.0 Å². The SMILES string of the molecule is CC(C)(C)OC1CC(n2c(=O)[nH]c3ccccc3c2=O)C1n1cccn1. The van der Waals surface area contributed by atoms with Crippen LogP contribution in [0.3, 0.4) is 0 Å². The topological polar surface area (TPSA) is 81.9 Å². The monoisotopic (exact) mass is 354 g/mol. The fourth-order valence-electron chi connectivity index (χ4n) is 3.68. The van der Waals surface area contributed by atoms with Crippen LogP contribution >= 0.6 is 0 Å². The lowest BCUT2D eigenvalue weighted by molar-refractivity contribution is -0.143. The third-order valence-corrected chi connectivity index (χ3v) is 4.75. The summed E-state index contributed by atoms with van der Waals surface area (Å²) in [4.78, 5) is 28.4. The molecule has 1 saturated carbocycles. The number of nitrogens with one attached hydrogen (secondary N) is 1. The number of ether oxygens (including phenoxy) is 1. The minimum Gasteiger partial charge on any atom is -0.370 e. The summed E-state index contributed by atoms with van der Waals surface area (Å²) in [6, 6.07) is 8.38. The van der Waals surface area contributed by atoms with Gasteiger partial charge in [0.25, 0.3) is 5.56 Å². The molecule has 1 aliphatic rings. The molecule has 0 bridgehead atoms. The van der Waals surface area contributed by atoms with Crippen molar-refractivity contribution in [3.63, 3.8) is 0 Å². The van der Waals surface area contributed by atoms with E-state index in [1.165, 1.54) is 4.57 Å². The number of aromatic amines is 1.